The zero-order chi connectivity index (χ0) is 59.0. The molecule has 3 nitrogen and oxygen atoms in total. The number of pyridine rings is 2. The van der Waals surface area contributed by atoms with Crippen LogP contribution < -0.4 is 15.7 Å². The lowest BCUT2D eigenvalue weighted by molar-refractivity contribution is -0.401. The highest BCUT2D eigenvalue weighted by atomic mass is 14.8. The molecule has 2 heterocycles. The van der Waals surface area contributed by atoms with Gasteiger partial charge in [0, 0.05) is 28.7 Å². The van der Waals surface area contributed by atoms with Gasteiger partial charge in [0.2, 0.25) is 0 Å². The normalized spacial score (nSPS) is 18.5. The molecule has 4 N–H and O–H groups in total. The number of nitrogens with two attached hydrogens (primary N) is 1. The minimum Gasteiger partial charge on any atom is -0.399 e. The van der Waals surface area contributed by atoms with Crippen LogP contribution in [0, 0.1) is 30.6 Å². The number of benzene rings is 6. The van der Waals surface area contributed by atoms with E-state index in [4.69, 9.17) is 5.73 Å². The number of unbranched alkanes of at least 4 members (excludes halogenated alkanes) is 4. The van der Waals surface area contributed by atoms with Crippen molar-refractivity contribution in [2.75, 3.05) is 5.73 Å². The second kappa shape index (κ2) is 24.7. The van der Waals surface area contributed by atoms with Crippen molar-refractivity contribution in [2.24, 2.45) is 23.7 Å². The first-order valence-corrected chi connectivity index (χ1v) is 34.2. The number of rotatable bonds is 26. The van der Waals surface area contributed by atoms with Gasteiger partial charge in [-0.2, -0.15) is 0 Å². The molecule has 4 aliphatic carbocycles. The number of nitrogens with one attached hydrogen (secondary N) is 2. The minimum atomic E-state index is -0.554. The summed E-state index contributed by atoms with van der Waals surface area (Å²) in [6, 6.07) is 54.0. The Morgan fingerprint density at radius 3 is 1.04 bits per heavy atom. The minimum absolute atomic E-state index is 0.0397. The molecule has 85 heavy (non-hydrogen) atoms. The summed E-state index contributed by atoms with van der Waals surface area (Å²) in [5, 5.41) is 0. The SMILES string of the molecule is CCCCC(CC)CC1(CC(CC)CCCC)c2cc(C)ccc2-c2ccc(-c3ccc4c(c3)C3(c5cc(-c6ccc7c(c6)C(CC(CC)CCCC)(CC(CC)CCCC)c6cc(N)ccc6-7)ccc5-4)c4ccc[nH+]c4-c4[nH+]cccc43)cc21. The standard InChI is InChI=1S/C82H97N3/c1-10-18-24-55(14-5)50-80(51-56(15-6)25-19-11-2)72-44-54(9)30-36-64(72)65-37-31-59(45-73(65)80)61-33-39-68-69-40-34-62(48-77(69)82(76(68)47-61)70-28-22-42-84-78(70)79-71(82)29-23-43-85-79)60-32-38-66-67-41-35-63(83)49-75(67)81(74(66)46-60,52-57(16-7)26-20-12-3)53-58(17-8)27-21-13-4/h22-23,28-49,55-58H,10-21,24-27,50-53,83H2,1-9H3/p+2. The Kier molecular flexibility index (Phi) is 17.1. The van der Waals surface area contributed by atoms with E-state index in [2.05, 4.69) is 218 Å². The molecule has 3 heteroatoms. The lowest BCUT2D eigenvalue weighted by Gasteiger charge is -2.39. The maximum absolute atomic E-state index is 6.87. The van der Waals surface area contributed by atoms with Gasteiger partial charge in [-0.05, 0) is 194 Å². The summed E-state index contributed by atoms with van der Waals surface area (Å²) < 4.78 is 0. The summed E-state index contributed by atoms with van der Waals surface area (Å²) in [4.78, 5) is 7.60. The molecule has 0 saturated heterocycles. The van der Waals surface area contributed by atoms with Crippen molar-refractivity contribution in [1.29, 1.82) is 0 Å². The van der Waals surface area contributed by atoms with Crippen LogP contribution in [0.5, 0.6) is 0 Å². The first-order chi connectivity index (χ1) is 41.5. The molecular formula is C82H99N3+2. The van der Waals surface area contributed by atoms with Crippen LogP contribution in [0.3, 0.4) is 0 Å². The first kappa shape index (κ1) is 58.8. The second-order valence-corrected chi connectivity index (χ2v) is 27.2. The molecule has 4 aliphatic rings. The molecule has 6 aromatic carbocycles. The van der Waals surface area contributed by atoms with Crippen LogP contribution in [0.25, 0.3) is 67.0 Å². The van der Waals surface area contributed by atoms with Gasteiger partial charge in [-0.1, -0.05) is 236 Å². The van der Waals surface area contributed by atoms with Crippen molar-refractivity contribution >= 4 is 5.69 Å². The van der Waals surface area contributed by atoms with Crippen molar-refractivity contribution in [2.45, 2.75) is 207 Å². The van der Waals surface area contributed by atoms with E-state index < -0.39 is 5.41 Å². The van der Waals surface area contributed by atoms with E-state index in [0.29, 0.717) is 23.7 Å². The average molecular weight is 1130 g/mol. The monoisotopic (exact) mass is 1130 g/mol. The van der Waals surface area contributed by atoms with Gasteiger partial charge in [0.05, 0.1) is 16.5 Å². The molecule has 0 radical (unpaired) electrons. The average Bonchev–Trinajstić information content (AvgIpc) is 1.55. The number of nitrogen functional groups attached to an aromatic ring is 1. The number of aromatic amines is 2. The fraction of sp³-hybridized carbons (Fsp3) is 0.439. The quantitative estimate of drug-likeness (QED) is 0.0540. The molecule has 8 aromatic rings. The van der Waals surface area contributed by atoms with E-state index in [0.717, 1.165) is 5.69 Å². The number of hydrogen-bond donors (Lipinski definition) is 1. The van der Waals surface area contributed by atoms with E-state index in [9.17, 15) is 0 Å². The van der Waals surface area contributed by atoms with Gasteiger partial charge in [-0.15, -0.1) is 0 Å². The van der Waals surface area contributed by atoms with Crippen LogP contribution in [-0.4, -0.2) is 0 Å². The zero-order valence-electron chi connectivity index (χ0n) is 53.4. The second-order valence-electron chi connectivity index (χ2n) is 27.2. The van der Waals surface area contributed by atoms with Crippen LogP contribution in [0.1, 0.15) is 234 Å². The van der Waals surface area contributed by atoms with E-state index in [1.165, 1.54) is 234 Å². The molecule has 0 saturated carbocycles. The summed E-state index contributed by atoms with van der Waals surface area (Å²) in [6.45, 7) is 21.6. The summed E-state index contributed by atoms with van der Waals surface area (Å²) >= 11 is 0. The maximum Gasteiger partial charge on any atom is 0.280 e. The molecule has 440 valence electrons. The molecular weight excluding hydrogens is 1030 g/mol. The van der Waals surface area contributed by atoms with Gasteiger partial charge in [0.1, 0.15) is 0 Å². The van der Waals surface area contributed by atoms with Crippen LogP contribution >= 0.6 is 0 Å². The Balaban J connectivity index is 1.03. The molecule has 0 amide bonds. The molecule has 12 rings (SSSR count). The zero-order valence-corrected chi connectivity index (χ0v) is 53.4. The highest BCUT2D eigenvalue weighted by Crippen LogP contribution is 2.64. The van der Waals surface area contributed by atoms with Crippen LogP contribution in [0.4, 0.5) is 5.69 Å². The van der Waals surface area contributed by atoms with E-state index >= 15 is 0 Å². The third kappa shape index (κ3) is 10.0. The Hall–Kier alpha value is -6.58. The van der Waals surface area contributed by atoms with Gasteiger partial charge in [0.25, 0.3) is 11.4 Å². The van der Waals surface area contributed by atoms with E-state index in [1.54, 1.807) is 11.1 Å². The largest absolute Gasteiger partial charge is 0.399 e. The van der Waals surface area contributed by atoms with Crippen molar-refractivity contribution < 1.29 is 9.97 Å². The van der Waals surface area contributed by atoms with Crippen LogP contribution in [0.2, 0.25) is 0 Å². The number of fused-ring (bicyclic) bond motifs is 16. The Bertz CT molecular complexity index is 3430. The fourth-order valence-electron chi connectivity index (χ4n) is 17.6. The van der Waals surface area contributed by atoms with Gasteiger partial charge >= 0.3 is 0 Å². The van der Waals surface area contributed by atoms with Crippen LogP contribution in [-0.2, 0) is 16.2 Å². The van der Waals surface area contributed by atoms with E-state index in [-0.39, 0.29) is 10.8 Å². The highest BCUT2D eigenvalue weighted by Gasteiger charge is 2.57. The van der Waals surface area contributed by atoms with Gasteiger partial charge in [-0.3, -0.25) is 0 Å². The molecule has 4 atom stereocenters. The Morgan fingerprint density at radius 2 is 0.671 bits per heavy atom. The highest BCUT2D eigenvalue weighted by molar-refractivity contribution is 5.95. The predicted molar refractivity (Wildman–Crippen MR) is 360 cm³/mol. The van der Waals surface area contributed by atoms with Crippen molar-refractivity contribution in [1.82, 2.24) is 0 Å². The molecule has 1 spiro atoms. The van der Waals surface area contributed by atoms with Crippen molar-refractivity contribution in [3.8, 4) is 67.0 Å². The van der Waals surface area contributed by atoms with Gasteiger partial charge < -0.3 is 5.73 Å². The lowest BCUT2D eigenvalue weighted by Crippen LogP contribution is -2.31. The number of aromatic nitrogens is 2. The summed E-state index contributed by atoms with van der Waals surface area (Å²) in [5.41, 5.74) is 35.9. The third-order valence-corrected chi connectivity index (χ3v) is 22.2. The Labute approximate surface area is 512 Å². The summed E-state index contributed by atoms with van der Waals surface area (Å²) in [7, 11) is 0. The van der Waals surface area contributed by atoms with Gasteiger partial charge in [0.15, 0.2) is 12.4 Å². The molecule has 4 unspecified atom stereocenters. The summed E-state index contributed by atoms with van der Waals surface area (Å²) in [5.74, 6) is 2.63. The van der Waals surface area contributed by atoms with Gasteiger partial charge in [-0.25, -0.2) is 9.97 Å². The number of hydrogen-bond acceptors (Lipinski definition) is 1. The molecule has 0 fully saturated rings. The molecule has 2 aromatic heterocycles. The first-order valence-electron chi connectivity index (χ1n) is 34.2. The van der Waals surface area contributed by atoms with Crippen molar-refractivity contribution in [3.63, 3.8) is 0 Å². The maximum atomic E-state index is 6.87. The number of anilines is 1. The third-order valence-electron chi connectivity index (χ3n) is 22.2. The number of H-pyrrole nitrogens is 2. The topological polar surface area (TPSA) is 54.3 Å². The fourth-order valence-corrected chi connectivity index (χ4v) is 17.6. The van der Waals surface area contributed by atoms with Crippen molar-refractivity contribution in [3.05, 3.63) is 196 Å². The lowest BCUT2D eigenvalue weighted by atomic mass is 9.64. The predicted octanol–water partition coefficient (Wildman–Crippen LogP) is 21.8. The molecule has 0 aliphatic heterocycles. The van der Waals surface area contributed by atoms with Crippen LogP contribution in [0.15, 0.2) is 146 Å². The van der Waals surface area contributed by atoms with E-state index in [1.807, 2.05) is 0 Å². The number of aryl methyl sites for hydroxylation is 1. The smallest absolute Gasteiger partial charge is 0.280 e. The Morgan fingerprint density at radius 1 is 0.353 bits per heavy atom. The summed E-state index contributed by atoms with van der Waals surface area (Å²) in [6.07, 6.45) is 29.1. The molecule has 0 bridgehead atoms.